The van der Waals surface area contributed by atoms with Gasteiger partial charge in [0.15, 0.2) is 5.75 Å². The van der Waals surface area contributed by atoms with Gasteiger partial charge in [-0.15, -0.1) is 0 Å². The molecule has 2 aromatic rings. The fourth-order valence-electron chi connectivity index (χ4n) is 2.95. The van der Waals surface area contributed by atoms with E-state index in [9.17, 15) is 9.90 Å². The summed E-state index contributed by atoms with van der Waals surface area (Å²) in [5.74, 6) is -0.183. The van der Waals surface area contributed by atoms with Crippen LogP contribution in [0.2, 0.25) is 0 Å². The number of benzene rings is 1. The first-order valence-corrected chi connectivity index (χ1v) is 7.82. The highest BCUT2D eigenvalue weighted by Crippen LogP contribution is 2.15. The number of rotatable bonds is 4. The van der Waals surface area contributed by atoms with E-state index in [1.54, 1.807) is 12.3 Å². The number of hydrogen-bond donors (Lipinski definition) is 1. The van der Waals surface area contributed by atoms with Gasteiger partial charge < -0.3 is 9.67 Å². The lowest BCUT2D eigenvalue weighted by Gasteiger charge is -2.19. The maximum Gasteiger partial charge on any atom is 0.223 e. The summed E-state index contributed by atoms with van der Waals surface area (Å²) in [4.78, 5) is 14.1. The zero-order valence-corrected chi connectivity index (χ0v) is 13.0. The van der Waals surface area contributed by atoms with E-state index in [-0.39, 0.29) is 11.2 Å². The van der Waals surface area contributed by atoms with Crippen molar-refractivity contribution < 1.29 is 5.11 Å². The Morgan fingerprint density at radius 2 is 1.77 bits per heavy atom. The molecule has 3 rings (SSSR count). The van der Waals surface area contributed by atoms with Gasteiger partial charge in [-0.2, -0.15) is 0 Å². The van der Waals surface area contributed by atoms with E-state index in [2.05, 4.69) is 36.1 Å². The fourth-order valence-corrected chi connectivity index (χ4v) is 2.95. The Morgan fingerprint density at radius 1 is 1.09 bits per heavy atom. The van der Waals surface area contributed by atoms with Crippen molar-refractivity contribution in [3.8, 4) is 5.75 Å². The van der Waals surface area contributed by atoms with Gasteiger partial charge in [-0.1, -0.05) is 29.8 Å². The molecule has 0 unspecified atom stereocenters. The molecule has 0 saturated carbocycles. The fraction of sp³-hybridized carbons (Fsp3) is 0.389. The first-order valence-electron chi connectivity index (χ1n) is 7.82. The van der Waals surface area contributed by atoms with Crippen molar-refractivity contribution in [3.63, 3.8) is 0 Å². The molecule has 0 amide bonds. The molecule has 0 bridgehead atoms. The summed E-state index contributed by atoms with van der Waals surface area (Å²) in [5, 5.41) is 9.76. The summed E-state index contributed by atoms with van der Waals surface area (Å²) in [6, 6.07) is 9.91. The molecule has 1 fully saturated rings. The third-order valence-corrected chi connectivity index (χ3v) is 4.26. The van der Waals surface area contributed by atoms with Crippen LogP contribution < -0.4 is 5.43 Å². The van der Waals surface area contributed by atoms with Gasteiger partial charge in [0.05, 0.1) is 6.20 Å². The number of aromatic hydroxyl groups is 1. The van der Waals surface area contributed by atoms with Gasteiger partial charge >= 0.3 is 0 Å². The summed E-state index contributed by atoms with van der Waals surface area (Å²) in [6.45, 7) is 5.66. The maximum atomic E-state index is 11.8. The second-order valence-corrected chi connectivity index (χ2v) is 6.11. The Morgan fingerprint density at radius 3 is 2.45 bits per heavy atom. The minimum Gasteiger partial charge on any atom is -0.503 e. The number of likely N-dealkylation sites (tertiary alicyclic amines) is 1. The third-order valence-electron chi connectivity index (χ3n) is 4.26. The first-order chi connectivity index (χ1) is 10.6. The predicted octanol–water partition coefficient (Wildman–Crippen LogP) is 2.51. The van der Waals surface area contributed by atoms with Gasteiger partial charge in [-0.25, -0.2) is 0 Å². The predicted molar refractivity (Wildman–Crippen MR) is 87.2 cm³/mol. The Bertz CT molecular complexity index is 698. The van der Waals surface area contributed by atoms with Gasteiger partial charge in [0.2, 0.25) is 5.43 Å². The van der Waals surface area contributed by atoms with Crippen LogP contribution in [-0.2, 0) is 13.1 Å². The van der Waals surface area contributed by atoms with E-state index in [4.69, 9.17) is 0 Å². The molecule has 22 heavy (non-hydrogen) atoms. The molecule has 0 atom stereocenters. The Kier molecular flexibility index (Phi) is 4.29. The molecule has 1 aliphatic rings. The molecule has 0 spiro atoms. The monoisotopic (exact) mass is 298 g/mol. The summed E-state index contributed by atoms with van der Waals surface area (Å²) in [6.07, 6.45) is 4.01. The van der Waals surface area contributed by atoms with Crippen LogP contribution >= 0.6 is 0 Å². The smallest absolute Gasteiger partial charge is 0.223 e. The topological polar surface area (TPSA) is 45.5 Å². The average Bonchev–Trinajstić information content (AvgIpc) is 2.99. The number of aryl methyl sites for hydroxylation is 1. The zero-order valence-electron chi connectivity index (χ0n) is 13.0. The highest BCUT2D eigenvalue weighted by atomic mass is 16.3. The second kappa shape index (κ2) is 6.36. The molecule has 1 N–H and O–H groups in total. The van der Waals surface area contributed by atoms with Crippen molar-refractivity contribution in [2.75, 3.05) is 13.1 Å². The molecule has 4 nitrogen and oxygen atoms in total. The van der Waals surface area contributed by atoms with Gasteiger partial charge in [0.25, 0.3) is 0 Å². The van der Waals surface area contributed by atoms with Crippen LogP contribution in [0.4, 0.5) is 0 Å². The Hall–Kier alpha value is -2.07. The zero-order chi connectivity index (χ0) is 15.5. The molecule has 4 heteroatoms. The van der Waals surface area contributed by atoms with Crippen molar-refractivity contribution in [1.29, 1.82) is 0 Å². The average molecular weight is 298 g/mol. The van der Waals surface area contributed by atoms with Crippen molar-refractivity contribution >= 4 is 0 Å². The van der Waals surface area contributed by atoms with Gasteiger partial charge in [0.1, 0.15) is 0 Å². The van der Waals surface area contributed by atoms with Crippen LogP contribution in [0.1, 0.15) is 29.7 Å². The molecule has 1 aromatic carbocycles. The van der Waals surface area contributed by atoms with Crippen molar-refractivity contribution in [2.45, 2.75) is 32.9 Å². The summed E-state index contributed by atoms with van der Waals surface area (Å²) in [7, 11) is 0. The second-order valence-electron chi connectivity index (χ2n) is 6.11. The van der Waals surface area contributed by atoms with Crippen LogP contribution in [0, 0.1) is 6.92 Å². The van der Waals surface area contributed by atoms with Crippen LogP contribution in [0.3, 0.4) is 0 Å². The quantitative estimate of drug-likeness (QED) is 0.943. The molecule has 116 valence electrons. The van der Waals surface area contributed by atoms with Crippen molar-refractivity contribution in [2.24, 2.45) is 0 Å². The van der Waals surface area contributed by atoms with Crippen LogP contribution in [0.15, 0.2) is 41.3 Å². The first kappa shape index (κ1) is 14.9. The lowest BCUT2D eigenvalue weighted by Crippen LogP contribution is -2.23. The molecule has 0 radical (unpaired) electrons. The molecular formula is C18H22N2O2. The van der Waals surface area contributed by atoms with E-state index in [1.807, 2.05) is 4.57 Å². The van der Waals surface area contributed by atoms with Crippen molar-refractivity contribution in [3.05, 3.63) is 63.6 Å². The number of nitrogens with zero attached hydrogens (tertiary/aromatic N) is 2. The van der Waals surface area contributed by atoms with Gasteiger partial charge in [-0.3, -0.25) is 9.69 Å². The van der Waals surface area contributed by atoms with Crippen LogP contribution in [-0.4, -0.2) is 27.7 Å². The van der Waals surface area contributed by atoms with E-state index < -0.39 is 0 Å². The van der Waals surface area contributed by atoms with Gasteiger partial charge in [-0.05, 0) is 38.4 Å². The van der Waals surface area contributed by atoms with E-state index in [0.717, 1.165) is 30.9 Å². The normalized spacial score (nSPS) is 15.3. The summed E-state index contributed by atoms with van der Waals surface area (Å²) in [5.41, 5.74) is 3.06. The Labute approximate surface area is 130 Å². The highest BCUT2D eigenvalue weighted by Gasteiger charge is 2.15. The SMILES string of the molecule is Cc1ccc(Cn2cc(O)c(=O)cc2CN2CCCC2)cc1. The lowest BCUT2D eigenvalue weighted by molar-refractivity contribution is 0.320. The number of pyridine rings is 1. The largest absolute Gasteiger partial charge is 0.503 e. The van der Waals surface area contributed by atoms with E-state index in [0.29, 0.717) is 6.54 Å². The molecule has 1 aromatic heterocycles. The molecule has 2 heterocycles. The highest BCUT2D eigenvalue weighted by molar-refractivity contribution is 5.25. The van der Waals surface area contributed by atoms with E-state index >= 15 is 0 Å². The van der Waals surface area contributed by atoms with Crippen molar-refractivity contribution in [1.82, 2.24) is 9.47 Å². The maximum absolute atomic E-state index is 11.8. The molecular weight excluding hydrogens is 276 g/mol. The van der Waals surface area contributed by atoms with Crippen LogP contribution in [0.5, 0.6) is 5.75 Å². The van der Waals surface area contributed by atoms with Gasteiger partial charge in [0, 0.05) is 24.8 Å². The third kappa shape index (κ3) is 3.39. The van der Waals surface area contributed by atoms with Crippen LogP contribution in [0.25, 0.3) is 0 Å². The molecule has 1 saturated heterocycles. The minimum absolute atomic E-state index is 0.183. The molecule has 0 aliphatic carbocycles. The number of hydrogen-bond acceptors (Lipinski definition) is 3. The summed E-state index contributed by atoms with van der Waals surface area (Å²) < 4.78 is 1.99. The standard InChI is InChI=1S/C18H22N2O2/c1-14-4-6-15(7-5-14)11-20-13-18(22)17(21)10-16(20)12-19-8-2-3-9-19/h4-7,10,13,22H,2-3,8-9,11-12H2,1H3. The summed E-state index contributed by atoms with van der Waals surface area (Å²) >= 11 is 0. The molecule has 1 aliphatic heterocycles. The Balaban J connectivity index is 1.88. The minimum atomic E-state index is -0.297. The van der Waals surface area contributed by atoms with E-state index in [1.165, 1.54) is 18.4 Å². The number of aromatic nitrogens is 1. The lowest BCUT2D eigenvalue weighted by atomic mass is 10.1.